The summed E-state index contributed by atoms with van der Waals surface area (Å²) in [6.45, 7) is 10.8. The number of carboxylic acids is 1. The maximum atomic E-state index is 13.9. The molecule has 0 aromatic heterocycles. The number of likely N-dealkylation sites (N-methyl/N-ethyl adjacent to an activating group) is 1. The van der Waals surface area contributed by atoms with Crippen LogP contribution in [-0.4, -0.2) is 70.4 Å². The molecule has 4 atom stereocenters. The molecule has 2 amide bonds. The van der Waals surface area contributed by atoms with Gasteiger partial charge in [-0.15, -0.1) is 0 Å². The molecule has 0 aromatic rings. The average Bonchev–Trinajstić information content (AvgIpc) is 2.84. The van der Waals surface area contributed by atoms with Crippen LogP contribution < -0.4 is 5.32 Å². The van der Waals surface area contributed by atoms with E-state index >= 15 is 0 Å². The summed E-state index contributed by atoms with van der Waals surface area (Å²) in [6.07, 6.45) is 10.8. The van der Waals surface area contributed by atoms with Crippen molar-refractivity contribution < 1.29 is 19.5 Å². The third-order valence-electron chi connectivity index (χ3n) is 7.92. The van der Waals surface area contributed by atoms with E-state index < -0.39 is 12.0 Å². The fourth-order valence-corrected chi connectivity index (χ4v) is 5.54. The molecular formula is C27H47N3O4. The molecule has 7 nitrogen and oxygen atoms in total. The van der Waals surface area contributed by atoms with Crippen LogP contribution in [0.1, 0.15) is 92.4 Å². The maximum Gasteiger partial charge on any atom is 0.331 e. The van der Waals surface area contributed by atoms with Crippen LogP contribution in [0, 0.1) is 11.8 Å². The van der Waals surface area contributed by atoms with Crippen molar-refractivity contribution in [1.29, 1.82) is 0 Å². The fraction of sp³-hybridized carbons (Fsp3) is 0.815. The zero-order valence-electron chi connectivity index (χ0n) is 22.2. The third kappa shape index (κ3) is 7.30. The van der Waals surface area contributed by atoms with Crippen molar-refractivity contribution in [3.63, 3.8) is 0 Å². The molecule has 7 heteroatoms. The third-order valence-corrected chi connectivity index (χ3v) is 7.92. The Labute approximate surface area is 206 Å². The smallest absolute Gasteiger partial charge is 0.331 e. The predicted octanol–water partition coefficient (Wildman–Crippen LogP) is 4.22. The van der Waals surface area contributed by atoms with Crippen LogP contribution in [0.25, 0.3) is 0 Å². The van der Waals surface area contributed by atoms with Gasteiger partial charge < -0.3 is 15.3 Å². The number of carbonyl (C=O) groups is 3. The number of likely N-dealkylation sites (tertiary alicyclic amines) is 1. The van der Waals surface area contributed by atoms with E-state index in [1.54, 1.807) is 24.9 Å². The highest BCUT2D eigenvalue weighted by Gasteiger charge is 2.38. The molecule has 34 heavy (non-hydrogen) atoms. The molecule has 0 bridgehead atoms. The molecule has 1 saturated heterocycles. The van der Waals surface area contributed by atoms with Gasteiger partial charge in [-0.2, -0.15) is 0 Å². The summed E-state index contributed by atoms with van der Waals surface area (Å²) >= 11 is 0. The zero-order chi connectivity index (χ0) is 25.4. The van der Waals surface area contributed by atoms with Crippen molar-refractivity contribution in [2.45, 2.75) is 117 Å². The minimum Gasteiger partial charge on any atom is -0.478 e. The van der Waals surface area contributed by atoms with Crippen LogP contribution in [0.15, 0.2) is 11.6 Å². The summed E-state index contributed by atoms with van der Waals surface area (Å²) in [7, 11) is 1.74. The topological polar surface area (TPSA) is 90.0 Å². The predicted molar refractivity (Wildman–Crippen MR) is 135 cm³/mol. The Morgan fingerprint density at radius 3 is 2.24 bits per heavy atom. The standard InChI is InChI=1S/C27H47N3O4/c1-7-20(5)30-16-12-11-15-22(30)25(31)28-24(21-13-9-8-10-14-21)26(32)29(6)23(18(2)3)17-19(4)27(33)34/h17-18,20-24H,7-16H2,1-6H3,(H,28,31)(H,33,34)/b19-17+/t20?,22?,23-,24?/m0/s1. The van der Waals surface area contributed by atoms with Crippen molar-refractivity contribution in [1.82, 2.24) is 15.1 Å². The lowest BCUT2D eigenvalue weighted by Crippen LogP contribution is -2.59. The summed E-state index contributed by atoms with van der Waals surface area (Å²) in [5, 5.41) is 12.6. The second-order valence-electron chi connectivity index (χ2n) is 10.7. The number of nitrogens with zero attached hydrogens (tertiary/aromatic N) is 2. The van der Waals surface area contributed by atoms with Gasteiger partial charge in [0.1, 0.15) is 6.04 Å². The molecule has 2 aliphatic rings. The fourth-order valence-electron chi connectivity index (χ4n) is 5.54. The number of rotatable bonds is 10. The number of nitrogens with one attached hydrogen (secondary N) is 1. The van der Waals surface area contributed by atoms with Gasteiger partial charge in [0.05, 0.1) is 12.1 Å². The summed E-state index contributed by atoms with van der Waals surface area (Å²) in [6, 6.07) is -0.781. The first kappa shape index (κ1) is 28.3. The van der Waals surface area contributed by atoms with Crippen LogP contribution in [0.2, 0.25) is 0 Å². The maximum absolute atomic E-state index is 13.9. The quantitative estimate of drug-likeness (QED) is 0.460. The number of hydrogen-bond donors (Lipinski definition) is 2. The first-order chi connectivity index (χ1) is 16.1. The van der Waals surface area contributed by atoms with Gasteiger partial charge in [0, 0.05) is 18.7 Å². The molecule has 3 unspecified atom stereocenters. The van der Waals surface area contributed by atoms with Crippen LogP contribution in [0.5, 0.6) is 0 Å². The van der Waals surface area contributed by atoms with Crippen LogP contribution >= 0.6 is 0 Å². The van der Waals surface area contributed by atoms with Crippen LogP contribution in [-0.2, 0) is 14.4 Å². The number of amides is 2. The summed E-state index contributed by atoms with van der Waals surface area (Å²) in [5.74, 6) is -0.961. The molecule has 1 saturated carbocycles. The van der Waals surface area contributed by atoms with Gasteiger partial charge in [0.2, 0.25) is 11.8 Å². The lowest BCUT2D eigenvalue weighted by molar-refractivity contribution is -0.141. The van der Waals surface area contributed by atoms with Crippen molar-refractivity contribution in [2.24, 2.45) is 11.8 Å². The van der Waals surface area contributed by atoms with Gasteiger partial charge in [-0.25, -0.2) is 4.79 Å². The lowest BCUT2D eigenvalue weighted by Gasteiger charge is -2.41. The van der Waals surface area contributed by atoms with E-state index in [1.165, 1.54) is 6.42 Å². The molecular weight excluding hydrogens is 430 g/mol. The van der Waals surface area contributed by atoms with E-state index in [4.69, 9.17) is 0 Å². The monoisotopic (exact) mass is 477 g/mol. The van der Waals surface area contributed by atoms with Gasteiger partial charge >= 0.3 is 5.97 Å². The SMILES string of the molecule is CCC(C)N1CCCCC1C(=O)NC(C(=O)N(C)[C@@H](/C=C(\C)C(=O)O)C(C)C)C1CCCCC1. The summed E-state index contributed by atoms with van der Waals surface area (Å²) in [5.41, 5.74) is 0.225. The van der Waals surface area contributed by atoms with E-state index in [0.29, 0.717) is 6.04 Å². The highest BCUT2D eigenvalue weighted by atomic mass is 16.4. The Kier molecular flexibility index (Phi) is 11.1. The van der Waals surface area contributed by atoms with Crippen LogP contribution in [0.3, 0.4) is 0 Å². The number of piperidine rings is 1. The van der Waals surface area contributed by atoms with E-state index in [0.717, 1.165) is 57.9 Å². The van der Waals surface area contributed by atoms with Crippen molar-refractivity contribution in [3.8, 4) is 0 Å². The van der Waals surface area contributed by atoms with Crippen molar-refractivity contribution >= 4 is 17.8 Å². The summed E-state index contributed by atoms with van der Waals surface area (Å²) < 4.78 is 0. The Bertz CT molecular complexity index is 729. The molecule has 2 N–H and O–H groups in total. The highest BCUT2D eigenvalue weighted by Crippen LogP contribution is 2.29. The first-order valence-electron chi connectivity index (χ1n) is 13.3. The van der Waals surface area contributed by atoms with E-state index in [2.05, 4.69) is 24.1 Å². The Balaban J connectivity index is 2.29. The molecule has 0 aromatic carbocycles. The van der Waals surface area contributed by atoms with Crippen LogP contribution in [0.4, 0.5) is 0 Å². The van der Waals surface area contributed by atoms with Gasteiger partial charge in [0.25, 0.3) is 0 Å². The lowest BCUT2D eigenvalue weighted by atomic mass is 9.82. The number of carbonyl (C=O) groups excluding carboxylic acids is 2. The van der Waals surface area contributed by atoms with Crippen molar-refractivity contribution in [2.75, 3.05) is 13.6 Å². The number of carboxylic acid groups (broad SMARTS) is 1. The van der Waals surface area contributed by atoms with E-state index in [9.17, 15) is 19.5 Å². The van der Waals surface area contributed by atoms with Gasteiger partial charge in [-0.3, -0.25) is 14.5 Å². The molecule has 0 spiro atoms. The average molecular weight is 478 g/mol. The second-order valence-corrected chi connectivity index (χ2v) is 10.7. The first-order valence-corrected chi connectivity index (χ1v) is 13.3. The van der Waals surface area contributed by atoms with Crippen molar-refractivity contribution in [3.05, 3.63) is 11.6 Å². The van der Waals surface area contributed by atoms with Gasteiger partial charge in [0.15, 0.2) is 0 Å². The Hall–Kier alpha value is -1.89. The molecule has 2 fully saturated rings. The van der Waals surface area contributed by atoms with E-state index in [1.807, 2.05) is 13.8 Å². The second kappa shape index (κ2) is 13.3. The number of hydrogen-bond acceptors (Lipinski definition) is 4. The number of aliphatic carboxylic acids is 1. The molecule has 1 aliphatic heterocycles. The van der Waals surface area contributed by atoms with E-state index in [-0.39, 0.29) is 41.3 Å². The Morgan fingerprint density at radius 1 is 1.06 bits per heavy atom. The minimum atomic E-state index is -0.980. The van der Waals surface area contributed by atoms with Gasteiger partial charge in [-0.1, -0.05) is 52.5 Å². The minimum absolute atomic E-state index is 0.0318. The van der Waals surface area contributed by atoms with Gasteiger partial charge in [-0.05, 0) is 64.3 Å². The molecule has 1 aliphatic carbocycles. The molecule has 194 valence electrons. The normalized spacial score (nSPS) is 23.3. The molecule has 0 radical (unpaired) electrons. The summed E-state index contributed by atoms with van der Waals surface area (Å²) in [4.78, 5) is 42.8. The Morgan fingerprint density at radius 2 is 1.68 bits per heavy atom. The highest BCUT2D eigenvalue weighted by molar-refractivity contribution is 5.90. The molecule has 1 heterocycles. The zero-order valence-corrected chi connectivity index (χ0v) is 22.2. The molecule has 2 rings (SSSR count). The largest absolute Gasteiger partial charge is 0.478 e.